The third-order valence-electron chi connectivity index (χ3n) is 4.02. The van der Waals surface area contributed by atoms with Crippen molar-refractivity contribution in [3.05, 3.63) is 40.9 Å². The molecule has 0 unspecified atom stereocenters. The topological polar surface area (TPSA) is 77.6 Å². The van der Waals surface area contributed by atoms with Crippen molar-refractivity contribution in [2.45, 2.75) is 18.9 Å². The van der Waals surface area contributed by atoms with Crippen molar-refractivity contribution in [2.75, 3.05) is 26.8 Å². The number of hydrogen-bond acceptors (Lipinski definition) is 5. The van der Waals surface area contributed by atoms with Crippen LogP contribution in [0.15, 0.2) is 39.5 Å². The van der Waals surface area contributed by atoms with E-state index in [9.17, 15) is 9.59 Å². The summed E-state index contributed by atoms with van der Waals surface area (Å²) in [5.41, 5.74) is 0.774. The maximum Gasteiger partial charge on any atom is 0.437 e. The van der Waals surface area contributed by atoms with Crippen molar-refractivity contribution in [1.82, 2.24) is 14.7 Å². The average molecular weight is 317 g/mol. The van der Waals surface area contributed by atoms with Crippen molar-refractivity contribution >= 4 is 5.91 Å². The molecular formula is C16H19N3O4. The van der Waals surface area contributed by atoms with Crippen molar-refractivity contribution in [2.24, 2.45) is 0 Å². The molecule has 0 atom stereocenters. The Hall–Kier alpha value is -2.41. The number of ether oxygens (including phenoxy) is 1. The minimum absolute atomic E-state index is 0.0246. The minimum Gasteiger partial charge on any atom is -0.388 e. The van der Waals surface area contributed by atoms with Gasteiger partial charge in [0.1, 0.15) is 6.61 Å². The number of likely N-dealkylation sites (tertiary alicyclic amines) is 1. The lowest BCUT2D eigenvalue weighted by molar-refractivity contribution is -0.136. The Labute approximate surface area is 133 Å². The van der Waals surface area contributed by atoms with Crippen LogP contribution in [-0.2, 0) is 9.53 Å². The number of hydrogen-bond donors (Lipinski definition) is 0. The first kappa shape index (κ1) is 15.5. The highest BCUT2D eigenvalue weighted by molar-refractivity contribution is 5.77. The summed E-state index contributed by atoms with van der Waals surface area (Å²) < 4.78 is 11.5. The first-order valence-corrected chi connectivity index (χ1v) is 7.61. The SMILES string of the molecule is COCC(=O)N1CCC(n2nc(-c3ccccc3)oc2=O)CC1. The van der Waals surface area contributed by atoms with Crippen LogP contribution in [0.1, 0.15) is 18.9 Å². The van der Waals surface area contributed by atoms with E-state index >= 15 is 0 Å². The average Bonchev–Trinajstić information content (AvgIpc) is 2.98. The molecule has 0 N–H and O–H groups in total. The Kier molecular flexibility index (Phi) is 4.57. The normalized spacial score (nSPS) is 15.8. The molecule has 1 fully saturated rings. The first-order valence-electron chi connectivity index (χ1n) is 7.61. The highest BCUT2D eigenvalue weighted by atomic mass is 16.5. The highest BCUT2D eigenvalue weighted by Crippen LogP contribution is 2.22. The number of benzene rings is 1. The standard InChI is InChI=1S/C16H19N3O4/c1-22-11-14(20)18-9-7-13(8-10-18)19-16(21)23-15(17-19)12-5-3-2-4-6-12/h2-6,13H,7-11H2,1H3. The van der Waals surface area contributed by atoms with Gasteiger partial charge < -0.3 is 14.1 Å². The molecular weight excluding hydrogens is 298 g/mol. The van der Waals surface area contributed by atoms with Gasteiger partial charge in [0.05, 0.1) is 6.04 Å². The minimum atomic E-state index is -0.453. The van der Waals surface area contributed by atoms with Crippen LogP contribution in [0.5, 0.6) is 0 Å². The van der Waals surface area contributed by atoms with Crippen LogP contribution in [0, 0.1) is 0 Å². The molecule has 2 aromatic rings. The predicted octanol–water partition coefficient (Wildman–Crippen LogP) is 1.31. The first-order chi connectivity index (χ1) is 11.2. The third kappa shape index (κ3) is 3.34. The summed E-state index contributed by atoms with van der Waals surface area (Å²) in [5.74, 6) is -0.151. The highest BCUT2D eigenvalue weighted by Gasteiger charge is 2.26. The van der Waals surface area contributed by atoms with E-state index in [2.05, 4.69) is 5.10 Å². The molecule has 7 nitrogen and oxygen atoms in total. The zero-order valence-electron chi connectivity index (χ0n) is 13.0. The molecule has 3 rings (SSSR count). The molecule has 1 aliphatic rings. The van der Waals surface area contributed by atoms with E-state index in [4.69, 9.17) is 9.15 Å². The number of nitrogens with zero attached hydrogens (tertiary/aromatic N) is 3. The molecule has 1 aromatic heterocycles. The second kappa shape index (κ2) is 6.78. The van der Waals surface area contributed by atoms with Crippen molar-refractivity contribution < 1.29 is 13.9 Å². The van der Waals surface area contributed by atoms with Crippen LogP contribution in [0.3, 0.4) is 0 Å². The largest absolute Gasteiger partial charge is 0.437 e. The maximum atomic E-state index is 12.1. The van der Waals surface area contributed by atoms with E-state index in [1.807, 2.05) is 30.3 Å². The van der Waals surface area contributed by atoms with Crippen molar-refractivity contribution in [3.8, 4) is 11.5 Å². The van der Waals surface area contributed by atoms with Gasteiger partial charge in [0, 0.05) is 25.8 Å². The Morgan fingerprint density at radius 2 is 2.00 bits per heavy atom. The Morgan fingerprint density at radius 1 is 1.30 bits per heavy atom. The summed E-state index contributed by atoms with van der Waals surface area (Å²) in [7, 11) is 1.50. The van der Waals surface area contributed by atoms with E-state index in [-0.39, 0.29) is 18.6 Å². The molecule has 23 heavy (non-hydrogen) atoms. The second-order valence-electron chi connectivity index (χ2n) is 5.53. The Morgan fingerprint density at radius 3 is 2.65 bits per heavy atom. The second-order valence-corrected chi connectivity index (χ2v) is 5.53. The number of piperidine rings is 1. The van der Waals surface area contributed by atoms with Gasteiger partial charge in [0.15, 0.2) is 0 Å². The van der Waals surface area contributed by atoms with Crippen LogP contribution in [0.25, 0.3) is 11.5 Å². The maximum absolute atomic E-state index is 12.1. The number of aromatic nitrogens is 2. The van der Waals surface area contributed by atoms with E-state index in [0.717, 1.165) is 5.56 Å². The van der Waals surface area contributed by atoms with E-state index < -0.39 is 5.76 Å². The molecule has 0 spiro atoms. The van der Waals surface area contributed by atoms with E-state index in [0.29, 0.717) is 31.8 Å². The molecule has 1 amide bonds. The van der Waals surface area contributed by atoms with Gasteiger partial charge in [0.2, 0.25) is 11.8 Å². The molecule has 1 aromatic carbocycles. The van der Waals surface area contributed by atoms with Crippen molar-refractivity contribution in [1.29, 1.82) is 0 Å². The molecule has 2 heterocycles. The summed E-state index contributed by atoms with van der Waals surface area (Å²) >= 11 is 0. The van der Waals surface area contributed by atoms with Gasteiger partial charge in [0.25, 0.3) is 0 Å². The third-order valence-corrected chi connectivity index (χ3v) is 4.02. The number of carbonyl (C=O) groups excluding carboxylic acids is 1. The summed E-state index contributed by atoms with van der Waals surface area (Å²) in [6.07, 6.45) is 1.35. The fourth-order valence-electron chi connectivity index (χ4n) is 2.79. The van der Waals surface area contributed by atoms with Crippen LogP contribution < -0.4 is 5.76 Å². The lowest BCUT2D eigenvalue weighted by Crippen LogP contribution is -2.42. The Bertz CT molecular complexity index is 714. The van der Waals surface area contributed by atoms with Gasteiger partial charge in [-0.2, -0.15) is 4.68 Å². The lowest BCUT2D eigenvalue weighted by Gasteiger charge is -2.31. The summed E-state index contributed by atoms with van der Waals surface area (Å²) in [4.78, 5) is 25.6. The molecule has 0 bridgehead atoms. The van der Waals surface area contributed by atoms with Crippen molar-refractivity contribution in [3.63, 3.8) is 0 Å². The van der Waals surface area contributed by atoms with Gasteiger partial charge >= 0.3 is 5.76 Å². The molecule has 122 valence electrons. The van der Waals surface area contributed by atoms with Gasteiger partial charge in [-0.05, 0) is 25.0 Å². The van der Waals surface area contributed by atoms with Gasteiger partial charge in [-0.25, -0.2) is 4.79 Å². The van der Waals surface area contributed by atoms with Gasteiger partial charge in [-0.3, -0.25) is 4.79 Å². The number of carbonyl (C=O) groups is 1. The monoisotopic (exact) mass is 317 g/mol. The smallest absolute Gasteiger partial charge is 0.388 e. The number of amides is 1. The quantitative estimate of drug-likeness (QED) is 0.850. The number of rotatable bonds is 4. The molecule has 0 saturated carbocycles. The summed E-state index contributed by atoms with van der Waals surface area (Å²) in [6, 6.07) is 9.28. The predicted molar refractivity (Wildman–Crippen MR) is 82.9 cm³/mol. The fourth-order valence-corrected chi connectivity index (χ4v) is 2.79. The van der Waals surface area contributed by atoms with Crippen LogP contribution in [0.2, 0.25) is 0 Å². The molecule has 0 radical (unpaired) electrons. The molecule has 1 aliphatic heterocycles. The van der Waals surface area contributed by atoms with Crippen LogP contribution in [-0.4, -0.2) is 47.4 Å². The molecule has 7 heteroatoms. The van der Waals surface area contributed by atoms with Gasteiger partial charge in [-0.1, -0.05) is 18.2 Å². The summed E-state index contributed by atoms with van der Waals surface area (Å²) in [5, 5.41) is 4.32. The summed E-state index contributed by atoms with van der Waals surface area (Å²) in [6.45, 7) is 1.27. The van der Waals surface area contributed by atoms with Gasteiger partial charge in [-0.15, -0.1) is 5.10 Å². The zero-order valence-corrected chi connectivity index (χ0v) is 13.0. The van der Waals surface area contributed by atoms with Crippen LogP contribution in [0.4, 0.5) is 0 Å². The fraction of sp³-hybridized carbons (Fsp3) is 0.438. The molecule has 1 saturated heterocycles. The zero-order chi connectivity index (χ0) is 16.2. The van der Waals surface area contributed by atoms with E-state index in [1.54, 1.807) is 4.90 Å². The lowest BCUT2D eigenvalue weighted by atomic mass is 10.1. The van der Waals surface area contributed by atoms with E-state index in [1.165, 1.54) is 11.8 Å². The Balaban J connectivity index is 1.71. The number of methoxy groups -OCH3 is 1. The van der Waals surface area contributed by atoms with Crippen LogP contribution >= 0.6 is 0 Å². The molecule has 0 aliphatic carbocycles.